The second kappa shape index (κ2) is 4.33. The highest BCUT2D eigenvalue weighted by atomic mass is 79.9. The first-order chi connectivity index (χ1) is 7.16. The molecule has 2 aromatic rings. The molecule has 0 spiro atoms. The predicted octanol–water partition coefficient (Wildman–Crippen LogP) is 4.91. The minimum absolute atomic E-state index is 0.149. The number of hydrogen-bond acceptors (Lipinski definition) is 0. The van der Waals surface area contributed by atoms with Crippen LogP contribution in [0.1, 0.15) is 0 Å². The zero-order valence-electron chi connectivity index (χ0n) is 7.68. The third-order valence-corrected chi connectivity index (χ3v) is 2.92. The molecule has 0 saturated carbocycles. The highest BCUT2D eigenvalue weighted by molar-refractivity contribution is 9.10. The van der Waals surface area contributed by atoms with E-state index in [1.54, 1.807) is 12.1 Å². The van der Waals surface area contributed by atoms with Crippen LogP contribution in [-0.2, 0) is 0 Å². The van der Waals surface area contributed by atoms with Gasteiger partial charge in [-0.3, -0.25) is 0 Å². The van der Waals surface area contributed by atoms with Crippen molar-refractivity contribution < 1.29 is 4.39 Å². The van der Waals surface area contributed by atoms with Crippen LogP contribution in [0.5, 0.6) is 0 Å². The Morgan fingerprint density at radius 1 is 0.933 bits per heavy atom. The summed E-state index contributed by atoms with van der Waals surface area (Å²) >= 11 is 9.07. The Hall–Kier alpha value is -0.860. The van der Waals surface area contributed by atoms with Gasteiger partial charge in [0, 0.05) is 4.47 Å². The van der Waals surface area contributed by atoms with E-state index in [0.717, 1.165) is 15.6 Å². The van der Waals surface area contributed by atoms with Gasteiger partial charge in [-0.25, -0.2) is 4.39 Å². The van der Waals surface area contributed by atoms with Crippen molar-refractivity contribution in [3.63, 3.8) is 0 Å². The topological polar surface area (TPSA) is 0 Å². The van der Waals surface area contributed by atoms with Gasteiger partial charge in [-0.05, 0) is 35.4 Å². The normalized spacial score (nSPS) is 10.3. The molecule has 0 nitrogen and oxygen atoms in total. The minimum Gasteiger partial charge on any atom is -0.205 e. The summed E-state index contributed by atoms with van der Waals surface area (Å²) < 4.78 is 14.0. The molecule has 0 unspecified atom stereocenters. The van der Waals surface area contributed by atoms with Crippen molar-refractivity contribution >= 4 is 27.5 Å². The first-order valence-corrected chi connectivity index (χ1v) is 5.55. The van der Waals surface area contributed by atoms with Crippen molar-refractivity contribution in [2.75, 3.05) is 0 Å². The molecule has 0 heterocycles. The molecule has 3 heteroatoms. The van der Waals surface area contributed by atoms with E-state index in [1.165, 1.54) is 6.07 Å². The zero-order valence-corrected chi connectivity index (χ0v) is 10.0. The average molecular weight is 286 g/mol. The summed E-state index contributed by atoms with van der Waals surface area (Å²) in [5, 5.41) is 0.149. The molecule has 0 N–H and O–H groups in total. The second-order valence-electron chi connectivity index (χ2n) is 3.14. The summed E-state index contributed by atoms with van der Waals surface area (Å²) in [5.41, 5.74) is 1.93. The van der Waals surface area contributed by atoms with Crippen molar-refractivity contribution in [1.82, 2.24) is 0 Å². The van der Waals surface area contributed by atoms with Gasteiger partial charge in [-0.2, -0.15) is 0 Å². The van der Waals surface area contributed by atoms with E-state index < -0.39 is 5.82 Å². The van der Waals surface area contributed by atoms with Crippen LogP contribution in [0.4, 0.5) is 4.39 Å². The quantitative estimate of drug-likeness (QED) is 0.698. The van der Waals surface area contributed by atoms with Crippen molar-refractivity contribution in [2.24, 2.45) is 0 Å². The molecule has 76 valence electrons. The van der Waals surface area contributed by atoms with Gasteiger partial charge in [-0.15, -0.1) is 0 Å². The van der Waals surface area contributed by atoms with E-state index in [1.807, 2.05) is 24.3 Å². The van der Waals surface area contributed by atoms with Crippen LogP contribution in [0, 0.1) is 5.82 Å². The Labute approximate surface area is 101 Å². The van der Waals surface area contributed by atoms with Crippen LogP contribution in [0.15, 0.2) is 46.9 Å². The monoisotopic (exact) mass is 284 g/mol. The molecular formula is C12H7BrClF. The molecule has 2 aromatic carbocycles. The van der Waals surface area contributed by atoms with Crippen LogP contribution in [0.3, 0.4) is 0 Å². The summed E-state index contributed by atoms with van der Waals surface area (Å²) in [6, 6.07) is 12.5. The third kappa shape index (κ3) is 2.39. The highest BCUT2D eigenvalue weighted by Crippen LogP contribution is 2.25. The minimum atomic E-state index is -0.391. The van der Waals surface area contributed by atoms with E-state index in [0.29, 0.717) is 0 Å². The maximum Gasteiger partial charge on any atom is 0.141 e. The lowest BCUT2D eigenvalue weighted by atomic mass is 10.1. The lowest BCUT2D eigenvalue weighted by molar-refractivity contribution is 0.628. The van der Waals surface area contributed by atoms with E-state index in [9.17, 15) is 4.39 Å². The molecule has 0 aromatic heterocycles. The van der Waals surface area contributed by atoms with E-state index >= 15 is 0 Å². The molecular weight excluding hydrogens is 278 g/mol. The molecule has 0 atom stereocenters. The summed E-state index contributed by atoms with van der Waals surface area (Å²) in [6.07, 6.45) is 0. The number of rotatable bonds is 1. The molecule has 0 radical (unpaired) electrons. The fraction of sp³-hybridized carbons (Fsp3) is 0. The van der Waals surface area contributed by atoms with Crippen LogP contribution in [-0.4, -0.2) is 0 Å². The Morgan fingerprint density at radius 2 is 1.53 bits per heavy atom. The molecule has 0 amide bonds. The zero-order chi connectivity index (χ0) is 10.8. The van der Waals surface area contributed by atoms with Crippen molar-refractivity contribution in [3.05, 3.63) is 57.8 Å². The third-order valence-electron chi connectivity index (χ3n) is 2.10. The van der Waals surface area contributed by atoms with Gasteiger partial charge in [-0.1, -0.05) is 45.7 Å². The maximum atomic E-state index is 12.9. The molecule has 0 saturated heterocycles. The van der Waals surface area contributed by atoms with Crippen molar-refractivity contribution in [2.45, 2.75) is 0 Å². The van der Waals surface area contributed by atoms with Crippen LogP contribution in [0.25, 0.3) is 11.1 Å². The van der Waals surface area contributed by atoms with Crippen molar-refractivity contribution in [3.8, 4) is 11.1 Å². The summed E-state index contributed by atoms with van der Waals surface area (Å²) in [7, 11) is 0. The predicted molar refractivity (Wildman–Crippen MR) is 64.5 cm³/mol. The lowest BCUT2D eigenvalue weighted by Gasteiger charge is -2.02. The van der Waals surface area contributed by atoms with Gasteiger partial charge in [0.1, 0.15) is 5.82 Å². The van der Waals surface area contributed by atoms with Gasteiger partial charge in [0.25, 0.3) is 0 Å². The summed E-state index contributed by atoms with van der Waals surface area (Å²) in [4.78, 5) is 0. The fourth-order valence-electron chi connectivity index (χ4n) is 1.32. The lowest BCUT2D eigenvalue weighted by Crippen LogP contribution is -1.80. The van der Waals surface area contributed by atoms with Crippen molar-refractivity contribution in [1.29, 1.82) is 0 Å². The number of halogens is 3. The SMILES string of the molecule is Fc1ccc(-c2ccc(Br)cc2)cc1Cl. The molecule has 0 bridgehead atoms. The summed E-state index contributed by atoms with van der Waals surface area (Å²) in [5.74, 6) is -0.391. The van der Waals surface area contributed by atoms with Gasteiger partial charge in [0.2, 0.25) is 0 Å². The van der Waals surface area contributed by atoms with Gasteiger partial charge in [0.05, 0.1) is 5.02 Å². The van der Waals surface area contributed by atoms with Gasteiger partial charge < -0.3 is 0 Å². The second-order valence-corrected chi connectivity index (χ2v) is 4.46. The smallest absolute Gasteiger partial charge is 0.141 e. The van der Waals surface area contributed by atoms with E-state index in [-0.39, 0.29) is 5.02 Å². The molecule has 0 aliphatic rings. The molecule has 0 fully saturated rings. The molecule has 0 aliphatic carbocycles. The van der Waals surface area contributed by atoms with Gasteiger partial charge >= 0.3 is 0 Å². The Balaban J connectivity index is 2.45. The van der Waals surface area contributed by atoms with Gasteiger partial charge in [0.15, 0.2) is 0 Å². The van der Waals surface area contributed by atoms with E-state index in [2.05, 4.69) is 15.9 Å². The maximum absolute atomic E-state index is 12.9. The van der Waals surface area contributed by atoms with Crippen LogP contribution < -0.4 is 0 Å². The largest absolute Gasteiger partial charge is 0.205 e. The number of hydrogen-bond donors (Lipinski definition) is 0. The Morgan fingerprint density at radius 3 is 2.13 bits per heavy atom. The summed E-state index contributed by atoms with van der Waals surface area (Å²) in [6.45, 7) is 0. The average Bonchev–Trinajstić information content (AvgIpc) is 2.23. The Kier molecular flexibility index (Phi) is 3.08. The molecule has 2 rings (SSSR count). The highest BCUT2D eigenvalue weighted by Gasteiger charge is 2.02. The van der Waals surface area contributed by atoms with E-state index in [4.69, 9.17) is 11.6 Å². The molecule has 0 aliphatic heterocycles. The first kappa shape index (κ1) is 10.7. The standard InChI is InChI=1S/C12H7BrClF/c13-10-4-1-8(2-5-10)9-3-6-12(15)11(14)7-9/h1-7H. The first-order valence-electron chi connectivity index (χ1n) is 4.38. The molecule has 15 heavy (non-hydrogen) atoms. The van der Waals surface area contributed by atoms with Crippen LogP contribution in [0.2, 0.25) is 5.02 Å². The number of benzene rings is 2. The fourth-order valence-corrected chi connectivity index (χ4v) is 1.76. The van der Waals surface area contributed by atoms with Crippen LogP contribution >= 0.6 is 27.5 Å². The Bertz CT molecular complexity index is 479.